The number of para-hydroxylation sites is 2. The third-order valence-electron chi connectivity index (χ3n) is 3.91. The summed E-state index contributed by atoms with van der Waals surface area (Å²) < 4.78 is 0. The number of aromatic amines is 1. The predicted molar refractivity (Wildman–Crippen MR) is 79.5 cm³/mol. The molecule has 2 N–H and O–H groups in total. The largest absolute Gasteiger partial charge is 0.395 e. The minimum Gasteiger partial charge on any atom is -0.395 e. The Balaban J connectivity index is 1.62. The minimum absolute atomic E-state index is 0.254. The molecule has 0 bridgehead atoms. The molecule has 0 saturated carbocycles. The number of hydrogen-bond acceptors (Lipinski definition) is 4. The molecule has 1 saturated heterocycles. The fourth-order valence-electron chi connectivity index (χ4n) is 2.84. The van der Waals surface area contributed by atoms with Gasteiger partial charge in [0, 0.05) is 19.6 Å². The van der Waals surface area contributed by atoms with E-state index < -0.39 is 0 Å². The molecule has 108 valence electrons. The van der Waals surface area contributed by atoms with Crippen LogP contribution in [-0.4, -0.2) is 64.2 Å². The minimum atomic E-state index is 0.254. The van der Waals surface area contributed by atoms with Crippen LogP contribution in [0, 0.1) is 0 Å². The number of hydrogen-bond donors (Lipinski definition) is 2. The van der Waals surface area contributed by atoms with Gasteiger partial charge in [0.2, 0.25) is 0 Å². The van der Waals surface area contributed by atoms with Gasteiger partial charge in [-0.25, -0.2) is 4.98 Å². The highest BCUT2D eigenvalue weighted by Gasteiger charge is 2.15. The van der Waals surface area contributed by atoms with Gasteiger partial charge in [-0.1, -0.05) is 12.1 Å². The number of aliphatic hydroxyl groups excluding tert-OH is 1. The summed E-state index contributed by atoms with van der Waals surface area (Å²) in [5.41, 5.74) is 2.15. The van der Waals surface area contributed by atoms with Crippen LogP contribution in [0.4, 0.5) is 0 Å². The Morgan fingerprint density at radius 1 is 1.10 bits per heavy atom. The topological polar surface area (TPSA) is 55.4 Å². The van der Waals surface area contributed by atoms with Gasteiger partial charge in [-0.05, 0) is 31.6 Å². The Kier molecular flexibility index (Phi) is 4.30. The first-order valence-corrected chi connectivity index (χ1v) is 7.34. The molecule has 0 spiro atoms. The van der Waals surface area contributed by atoms with Crippen molar-refractivity contribution in [3.05, 3.63) is 30.1 Å². The summed E-state index contributed by atoms with van der Waals surface area (Å²) in [6.07, 6.45) is 1.15. The van der Waals surface area contributed by atoms with Gasteiger partial charge in [-0.3, -0.25) is 9.80 Å². The van der Waals surface area contributed by atoms with E-state index in [9.17, 15) is 0 Å². The molecule has 1 aliphatic rings. The molecule has 0 amide bonds. The van der Waals surface area contributed by atoms with E-state index in [1.807, 2.05) is 18.2 Å². The molecule has 1 fully saturated rings. The maximum Gasteiger partial charge on any atom is 0.121 e. The molecular weight excluding hydrogens is 252 g/mol. The average Bonchev–Trinajstić information content (AvgIpc) is 2.73. The lowest BCUT2D eigenvalue weighted by Gasteiger charge is -2.20. The molecule has 1 aromatic heterocycles. The van der Waals surface area contributed by atoms with E-state index >= 15 is 0 Å². The van der Waals surface area contributed by atoms with Gasteiger partial charge in [-0.2, -0.15) is 0 Å². The fraction of sp³-hybridized carbons (Fsp3) is 0.533. The molecule has 0 radical (unpaired) electrons. The molecule has 2 aromatic rings. The van der Waals surface area contributed by atoms with Crippen LogP contribution in [0.15, 0.2) is 24.3 Å². The predicted octanol–water partition coefficient (Wildman–Crippen LogP) is 1.06. The number of fused-ring (bicyclic) bond motifs is 1. The van der Waals surface area contributed by atoms with Crippen molar-refractivity contribution in [3.63, 3.8) is 0 Å². The summed E-state index contributed by atoms with van der Waals surface area (Å²) in [7, 11) is 0. The highest BCUT2D eigenvalue weighted by molar-refractivity contribution is 5.74. The maximum atomic E-state index is 9.02. The average molecular weight is 274 g/mol. The Bertz CT molecular complexity index is 521. The third-order valence-corrected chi connectivity index (χ3v) is 3.91. The van der Waals surface area contributed by atoms with Crippen LogP contribution in [0.1, 0.15) is 12.2 Å². The standard InChI is InChI=1S/C15H22N4O/c20-11-10-18-6-3-7-19(9-8-18)12-15-16-13-4-1-2-5-14(13)17-15/h1-2,4-5,20H,3,6-12H2,(H,16,17). The molecular formula is C15H22N4O. The van der Waals surface area contributed by atoms with Crippen LogP contribution in [0.3, 0.4) is 0 Å². The van der Waals surface area contributed by atoms with Crippen molar-refractivity contribution in [1.82, 2.24) is 19.8 Å². The van der Waals surface area contributed by atoms with E-state index in [4.69, 9.17) is 5.11 Å². The number of nitrogens with zero attached hydrogens (tertiary/aromatic N) is 3. The Morgan fingerprint density at radius 2 is 1.90 bits per heavy atom. The number of imidazole rings is 1. The van der Waals surface area contributed by atoms with Crippen LogP contribution in [0.25, 0.3) is 11.0 Å². The van der Waals surface area contributed by atoms with E-state index in [1.54, 1.807) is 0 Å². The van der Waals surface area contributed by atoms with Gasteiger partial charge >= 0.3 is 0 Å². The molecule has 1 aliphatic heterocycles. The van der Waals surface area contributed by atoms with E-state index in [2.05, 4.69) is 25.8 Å². The lowest BCUT2D eigenvalue weighted by Crippen LogP contribution is -2.32. The zero-order valence-electron chi connectivity index (χ0n) is 11.8. The lowest BCUT2D eigenvalue weighted by atomic mass is 10.3. The molecule has 0 aliphatic carbocycles. The van der Waals surface area contributed by atoms with Gasteiger partial charge in [0.05, 0.1) is 24.2 Å². The molecule has 5 nitrogen and oxygen atoms in total. The van der Waals surface area contributed by atoms with Crippen LogP contribution in [0.5, 0.6) is 0 Å². The van der Waals surface area contributed by atoms with Crippen LogP contribution < -0.4 is 0 Å². The number of aromatic nitrogens is 2. The van der Waals surface area contributed by atoms with Crippen molar-refractivity contribution in [2.45, 2.75) is 13.0 Å². The number of H-pyrrole nitrogens is 1. The summed E-state index contributed by atoms with van der Waals surface area (Å²) in [4.78, 5) is 12.8. The smallest absolute Gasteiger partial charge is 0.121 e. The van der Waals surface area contributed by atoms with Crippen molar-refractivity contribution >= 4 is 11.0 Å². The Labute approximate surface area is 119 Å². The van der Waals surface area contributed by atoms with Crippen LogP contribution in [0.2, 0.25) is 0 Å². The lowest BCUT2D eigenvalue weighted by molar-refractivity contribution is 0.195. The molecule has 0 atom stereocenters. The van der Waals surface area contributed by atoms with Gasteiger partial charge in [0.15, 0.2) is 0 Å². The van der Waals surface area contributed by atoms with E-state index in [0.29, 0.717) is 0 Å². The zero-order chi connectivity index (χ0) is 13.8. The molecule has 3 rings (SSSR count). The van der Waals surface area contributed by atoms with Crippen molar-refractivity contribution in [2.75, 3.05) is 39.3 Å². The summed E-state index contributed by atoms with van der Waals surface area (Å²) in [6, 6.07) is 8.16. The Hall–Kier alpha value is -1.43. The fourth-order valence-corrected chi connectivity index (χ4v) is 2.84. The third kappa shape index (κ3) is 3.17. The van der Waals surface area contributed by atoms with Crippen molar-refractivity contribution in [2.24, 2.45) is 0 Å². The SMILES string of the molecule is OCCN1CCCN(Cc2nc3ccccc3[nH]2)CC1. The van der Waals surface area contributed by atoms with E-state index in [1.165, 1.54) is 0 Å². The van der Waals surface area contributed by atoms with Gasteiger partial charge in [0.1, 0.15) is 5.82 Å². The Morgan fingerprint density at radius 3 is 2.75 bits per heavy atom. The van der Waals surface area contributed by atoms with Crippen LogP contribution in [-0.2, 0) is 6.54 Å². The quantitative estimate of drug-likeness (QED) is 0.875. The van der Waals surface area contributed by atoms with E-state index in [-0.39, 0.29) is 6.61 Å². The first kappa shape index (κ1) is 13.5. The molecule has 5 heteroatoms. The van der Waals surface area contributed by atoms with Gasteiger partial charge in [0.25, 0.3) is 0 Å². The first-order chi connectivity index (χ1) is 9.85. The van der Waals surface area contributed by atoms with Crippen molar-refractivity contribution < 1.29 is 5.11 Å². The second-order valence-electron chi connectivity index (χ2n) is 5.40. The summed E-state index contributed by atoms with van der Waals surface area (Å²) >= 11 is 0. The number of nitrogens with one attached hydrogen (secondary N) is 1. The first-order valence-electron chi connectivity index (χ1n) is 7.34. The highest BCUT2D eigenvalue weighted by atomic mass is 16.3. The molecule has 2 heterocycles. The van der Waals surface area contributed by atoms with Gasteiger partial charge < -0.3 is 10.1 Å². The second-order valence-corrected chi connectivity index (χ2v) is 5.40. The highest BCUT2D eigenvalue weighted by Crippen LogP contribution is 2.13. The summed E-state index contributed by atoms with van der Waals surface area (Å²) in [5, 5.41) is 9.02. The van der Waals surface area contributed by atoms with Crippen molar-refractivity contribution in [3.8, 4) is 0 Å². The maximum absolute atomic E-state index is 9.02. The summed E-state index contributed by atoms with van der Waals surface area (Å²) in [6.45, 7) is 6.16. The second kappa shape index (κ2) is 6.35. The van der Waals surface area contributed by atoms with Gasteiger partial charge in [-0.15, -0.1) is 0 Å². The molecule has 1 aromatic carbocycles. The van der Waals surface area contributed by atoms with E-state index in [0.717, 1.165) is 62.5 Å². The number of aliphatic hydroxyl groups is 1. The molecule has 0 unspecified atom stereocenters. The monoisotopic (exact) mass is 274 g/mol. The van der Waals surface area contributed by atoms with Crippen molar-refractivity contribution in [1.29, 1.82) is 0 Å². The zero-order valence-corrected chi connectivity index (χ0v) is 11.8. The number of rotatable bonds is 4. The molecule has 20 heavy (non-hydrogen) atoms. The number of β-amino-alcohol motifs (C(OH)–C–C–N with tert-alkyl or cyclic N) is 1. The number of benzene rings is 1. The summed E-state index contributed by atoms with van der Waals surface area (Å²) in [5.74, 6) is 1.04. The normalized spacial score (nSPS) is 18.4. The van der Waals surface area contributed by atoms with Crippen LogP contribution >= 0.6 is 0 Å².